The van der Waals surface area contributed by atoms with Gasteiger partial charge < -0.3 is 9.64 Å². The Bertz CT molecular complexity index is 577. The third kappa shape index (κ3) is 2.64. The second kappa shape index (κ2) is 5.58. The summed E-state index contributed by atoms with van der Waals surface area (Å²) in [5, 5.41) is 0. The molecule has 104 valence electrons. The van der Waals surface area contributed by atoms with Crippen molar-refractivity contribution in [2.75, 3.05) is 11.6 Å². The lowest BCUT2D eigenvalue weighted by Gasteiger charge is -2.32. The zero-order valence-electron chi connectivity index (χ0n) is 12.2. The largest absolute Gasteiger partial charge is 0.472 e. The Morgan fingerprint density at radius 1 is 1.05 bits per heavy atom. The molecular weight excluding hydrogens is 246 g/mol. The summed E-state index contributed by atoms with van der Waals surface area (Å²) in [7, 11) is 0. The minimum absolute atomic E-state index is 0.631. The number of fused-ring (bicyclic) bond motifs is 1. The molecule has 0 saturated carbocycles. The maximum absolute atomic E-state index is 6.05. The summed E-state index contributed by atoms with van der Waals surface area (Å²) >= 11 is 0. The van der Waals surface area contributed by atoms with Gasteiger partial charge in [-0.05, 0) is 30.0 Å². The maximum atomic E-state index is 6.05. The van der Waals surface area contributed by atoms with Crippen molar-refractivity contribution in [1.82, 2.24) is 0 Å². The first-order chi connectivity index (χ1) is 9.74. The van der Waals surface area contributed by atoms with Crippen molar-refractivity contribution in [1.29, 1.82) is 0 Å². The molecule has 0 aliphatic carbocycles. The van der Waals surface area contributed by atoms with Crippen molar-refractivity contribution in [2.24, 2.45) is 5.92 Å². The van der Waals surface area contributed by atoms with Crippen LogP contribution in [0.3, 0.4) is 0 Å². The Kier molecular flexibility index (Phi) is 3.64. The Morgan fingerprint density at radius 3 is 2.60 bits per heavy atom. The van der Waals surface area contributed by atoms with Crippen molar-refractivity contribution in [3.8, 4) is 5.75 Å². The molecule has 2 heteroatoms. The van der Waals surface area contributed by atoms with E-state index in [0.717, 1.165) is 18.7 Å². The molecule has 0 spiro atoms. The first-order valence-electron chi connectivity index (χ1n) is 7.27. The number of rotatable bonds is 3. The van der Waals surface area contributed by atoms with E-state index < -0.39 is 0 Å². The van der Waals surface area contributed by atoms with Crippen LogP contribution in [0.1, 0.15) is 25.0 Å². The van der Waals surface area contributed by atoms with Gasteiger partial charge in [0, 0.05) is 17.8 Å². The summed E-state index contributed by atoms with van der Waals surface area (Å²) in [5.74, 6) is 1.76. The van der Waals surface area contributed by atoms with Gasteiger partial charge in [-0.2, -0.15) is 0 Å². The monoisotopic (exact) mass is 267 g/mol. The van der Waals surface area contributed by atoms with E-state index in [9.17, 15) is 0 Å². The SMILES string of the molecule is CC(C)Cc1cccc2c1OCN(c1ccccc1)C2. The minimum atomic E-state index is 0.631. The van der Waals surface area contributed by atoms with Crippen LogP contribution in [0.25, 0.3) is 0 Å². The number of anilines is 1. The van der Waals surface area contributed by atoms with Crippen LogP contribution in [0.2, 0.25) is 0 Å². The van der Waals surface area contributed by atoms with E-state index in [4.69, 9.17) is 4.74 Å². The molecule has 3 rings (SSSR count). The summed E-state index contributed by atoms with van der Waals surface area (Å²) < 4.78 is 6.05. The van der Waals surface area contributed by atoms with Crippen LogP contribution >= 0.6 is 0 Å². The van der Waals surface area contributed by atoms with E-state index in [1.807, 2.05) is 6.07 Å². The van der Waals surface area contributed by atoms with Crippen LogP contribution in [0.5, 0.6) is 5.75 Å². The van der Waals surface area contributed by atoms with E-state index in [-0.39, 0.29) is 0 Å². The Hall–Kier alpha value is -1.96. The van der Waals surface area contributed by atoms with Gasteiger partial charge in [-0.3, -0.25) is 0 Å². The number of hydrogen-bond acceptors (Lipinski definition) is 2. The topological polar surface area (TPSA) is 12.5 Å². The van der Waals surface area contributed by atoms with Crippen LogP contribution < -0.4 is 9.64 Å². The molecule has 2 aromatic carbocycles. The van der Waals surface area contributed by atoms with Gasteiger partial charge in [0.1, 0.15) is 5.75 Å². The van der Waals surface area contributed by atoms with Crippen molar-refractivity contribution >= 4 is 5.69 Å². The highest BCUT2D eigenvalue weighted by Crippen LogP contribution is 2.32. The van der Waals surface area contributed by atoms with Crippen LogP contribution in [-0.2, 0) is 13.0 Å². The number of para-hydroxylation sites is 2. The van der Waals surface area contributed by atoms with E-state index in [1.165, 1.54) is 16.8 Å². The molecule has 0 aromatic heterocycles. The van der Waals surface area contributed by atoms with Gasteiger partial charge >= 0.3 is 0 Å². The molecule has 0 amide bonds. The van der Waals surface area contributed by atoms with Crippen molar-refractivity contribution in [3.63, 3.8) is 0 Å². The van der Waals surface area contributed by atoms with Crippen LogP contribution in [0, 0.1) is 5.92 Å². The summed E-state index contributed by atoms with van der Waals surface area (Å²) in [6, 6.07) is 17.0. The molecule has 0 radical (unpaired) electrons. The minimum Gasteiger partial charge on any atom is -0.472 e. The molecule has 0 unspecified atom stereocenters. The highest BCUT2D eigenvalue weighted by molar-refractivity contribution is 5.51. The van der Waals surface area contributed by atoms with Gasteiger partial charge in [0.15, 0.2) is 6.73 Å². The summed E-state index contributed by atoms with van der Waals surface area (Å²) in [5.41, 5.74) is 3.84. The summed E-state index contributed by atoms with van der Waals surface area (Å²) in [6.45, 7) is 6.05. The van der Waals surface area contributed by atoms with Gasteiger partial charge in [-0.1, -0.05) is 50.2 Å². The third-order valence-corrected chi connectivity index (χ3v) is 3.65. The highest BCUT2D eigenvalue weighted by Gasteiger charge is 2.20. The normalized spacial score (nSPS) is 14.1. The van der Waals surface area contributed by atoms with Gasteiger partial charge in [-0.25, -0.2) is 0 Å². The first-order valence-corrected chi connectivity index (χ1v) is 7.27. The van der Waals surface area contributed by atoms with Crippen LogP contribution in [-0.4, -0.2) is 6.73 Å². The number of hydrogen-bond donors (Lipinski definition) is 0. The molecule has 1 aliphatic rings. The number of nitrogens with zero attached hydrogens (tertiary/aromatic N) is 1. The van der Waals surface area contributed by atoms with Crippen molar-refractivity contribution in [3.05, 3.63) is 59.7 Å². The average Bonchev–Trinajstić information content (AvgIpc) is 2.47. The van der Waals surface area contributed by atoms with E-state index in [2.05, 4.69) is 61.2 Å². The lowest BCUT2D eigenvalue weighted by Crippen LogP contribution is -2.32. The van der Waals surface area contributed by atoms with Gasteiger partial charge in [0.05, 0.1) is 0 Å². The van der Waals surface area contributed by atoms with E-state index >= 15 is 0 Å². The van der Waals surface area contributed by atoms with Gasteiger partial charge in [-0.15, -0.1) is 0 Å². The standard InChI is InChI=1S/C18H21NO/c1-14(2)11-15-7-6-8-16-12-19(13-20-18(15)16)17-9-4-3-5-10-17/h3-10,14H,11-13H2,1-2H3. The number of benzene rings is 2. The van der Waals surface area contributed by atoms with Gasteiger partial charge in [0.25, 0.3) is 0 Å². The molecule has 0 bridgehead atoms. The Morgan fingerprint density at radius 2 is 1.85 bits per heavy atom. The van der Waals surface area contributed by atoms with Crippen LogP contribution in [0.15, 0.2) is 48.5 Å². The molecule has 1 aliphatic heterocycles. The van der Waals surface area contributed by atoms with E-state index in [1.54, 1.807) is 0 Å². The zero-order valence-corrected chi connectivity index (χ0v) is 12.2. The van der Waals surface area contributed by atoms with E-state index in [0.29, 0.717) is 12.6 Å². The lowest BCUT2D eigenvalue weighted by molar-refractivity contribution is 0.285. The molecule has 2 aromatic rings. The smallest absolute Gasteiger partial charge is 0.161 e. The molecule has 1 heterocycles. The van der Waals surface area contributed by atoms with Crippen molar-refractivity contribution < 1.29 is 4.74 Å². The molecule has 0 fully saturated rings. The fraction of sp³-hybridized carbons (Fsp3) is 0.333. The molecular formula is C18H21NO. The number of ether oxygens (including phenoxy) is 1. The molecule has 0 saturated heterocycles. The Labute approximate surface area is 121 Å². The quantitative estimate of drug-likeness (QED) is 0.824. The first kappa shape index (κ1) is 13.0. The Balaban J connectivity index is 1.85. The fourth-order valence-corrected chi connectivity index (χ4v) is 2.75. The molecule has 20 heavy (non-hydrogen) atoms. The lowest BCUT2D eigenvalue weighted by atomic mass is 9.99. The third-order valence-electron chi connectivity index (χ3n) is 3.65. The average molecular weight is 267 g/mol. The fourth-order valence-electron chi connectivity index (χ4n) is 2.75. The molecule has 0 atom stereocenters. The van der Waals surface area contributed by atoms with Crippen LogP contribution in [0.4, 0.5) is 5.69 Å². The van der Waals surface area contributed by atoms with Crippen molar-refractivity contribution in [2.45, 2.75) is 26.8 Å². The van der Waals surface area contributed by atoms with Gasteiger partial charge in [0.2, 0.25) is 0 Å². The second-order valence-corrected chi connectivity index (χ2v) is 5.81. The summed E-state index contributed by atoms with van der Waals surface area (Å²) in [6.07, 6.45) is 1.08. The molecule has 2 nitrogen and oxygen atoms in total. The zero-order chi connectivity index (χ0) is 13.9. The predicted molar refractivity (Wildman–Crippen MR) is 83.1 cm³/mol. The summed E-state index contributed by atoms with van der Waals surface area (Å²) in [4.78, 5) is 2.27. The molecule has 0 N–H and O–H groups in total. The second-order valence-electron chi connectivity index (χ2n) is 5.81. The predicted octanol–water partition coefficient (Wildman–Crippen LogP) is 4.24. The highest BCUT2D eigenvalue weighted by atomic mass is 16.5. The maximum Gasteiger partial charge on any atom is 0.161 e.